The maximum atomic E-state index is 10.3. The number of hydrogen-bond donors (Lipinski definition) is 1. The SMILES string of the molecule is Cc1cccc(C(O)c2cccc(Cl)c2)c1Br. The summed E-state index contributed by atoms with van der Waals surface area (Å²) in [5.74, 6) is 0. The Labute approximate surface area is 114 Å². The molecule has 3 heteroatoms. The van der Waals surface area contributed by atoms with Crippen molar-refractivity contribution in [1.82, 2.24) is 0 Å². The van der Waals surface area contributed by atoms with Gasteiger partial charge in [0.25, 0.3) is 0 Å². The molecule has 2 aromatic carbocycles. The lowest BCUT2D eigenvalue weighted by Crippen LogP contribution is -2.01. The number of aliphatic hydroxyl groups is 1. The molecule has 0 saturated carbocycles. The van der Waals surface area contributed by atoms with E-state index in [1.54, 1.807) is 12.1 Å². The van der Waals surface area contributed by atoms with Gasteiger partial charge >= 0.3 is 0 Å². The van der Waals surface area contributed by atoms with Crippen molar-refractivity contribution in [2.24, 2.45) is 0 Å². The van der Waals surface area contributed by atoms with Crippen LogP contribution in [0.15, 0.2) is 46.9 Å². The van der Waals surface area contributed by atoms with Gasteiger partial charge in [-0.2, -0.15) is 0 Å². The molecule has 0 amide bonds. The average Bonchev–Trinajstić information content (AvgIpc) is 2.32. The van der Waals surface area contributed by atoms with Crippen LogP contribution >= 0.6 is 27.5 Å². The Kier molecular flexibility index (Phi) is 3.87. The standard InChI is InChI=1S/C14H12BrClO/c1-9-4-2-7-12(13(9)15)14(17)10-5-3-6-11(16)8-10/h2-8,14,17H,1H3. The van der Waals surface area contributed by atoms with Crippen LogP contribution in [0, 0.1) is 6.92 Å². The third-order valence-electron chi connectivity index (χ3n) is 2.68. The summed E-state index contributed by atoms with van der Waals surface area (Å²) in [6.45, 7) is 2.00. The van der Waals surface area contributed by atoms with Crippen molar-refractivity contribution in [3.8, 4) is 0 Å². The first-order valence-corrected chi connectivity index (χ1v) is 6.45. The molecule has 17 heavy (non-hydrogen) atoms. The summed E-state index contributed by atoms with van der Waals surface area (Å²) in [5.41, 5.74) is 2.75. The Bertz CT molecular complexity index is 539. The maximum Gasteiger partial charge on any atom is 0.105 e. The number of benzene rings is 2. The molecule has 0 aromatic heterocycles. The van der Waals surface area contributed by atoms with Crippen LogP contribution in [0.4, 0.5) is 0 Å². The Morgan fingerprint density at radius 3 is 2.59 bits per heavy atom. The molecule has 0 aliphatic heterocycles. The van der Waals surface area contributed by atoms with Gasteiger partial charge in [0.2, 0.25) is 0 Å². The molecule has 1 N–H and O–H groups in total. The molecule has 0 aliphatic rings. The van der Waals surface area contributed by atoms with Crippen molar-refractivity contribution in [2.75, 3.05) is 0 Å². The molecule has 0 fully saturated rings. The predicted octanol–water partition coefficient (Wildman–Crippen LogP) is 4.49. The molecule has 1 atom stereocenters. The zero-order valence-corrected chi connectivity index (χ0v) is 11.7. The largest absolute Gasteiger partial charge is 0.384 e. The van der Waals surface area contributed by atoms with Gasteiger partial charge in [-0.05, 0) is 35.7 Å². The van der Waals surface area contributed by atoms with E-state index in [2.05, 4.69) is 15.9 Å². The fourth-order valence-corrected chi connectivity index (χ4v) is 2.42. The van der Waals surface area contributed by atoms with Crippen LogP contribution in [0.5, 0.6) is 0 Å². The first-order chi connectivity index (χ1) is 8.09. The highest BCUT2D eigenvalue weighted by molar-refractivity contribution is 9.10. The lowest BCUT2D eigenvalue weighted by molar-refractivity contribution is 0.219. The van der Waals surface area contributed by atoms with E-state index in [1.165, 1.54) is 0 Å². The second-order valence-corrected chi connectivity index (χ2v) is 5.17. The second kappa shape index (κ2) is 5.21. The lowest BCUT2D eigenvalue weighted by atomic mass is 10.0. The predicted molar refractivity (Wildman–Crippen MR) is 74.4 cm³/mol. The molecule has 1 unspecified atom stereocenters. The van der Waals surface area contributed by atoms with E-state index >= 15 is 0 Å². The summed E-state index contributed by atoms with van der Waals surface area (Å²) in [4.78, 5) is 0. The van der Waals surface area contributed by atoms with Gasteiger partial charge in [0.05, 0.1) is 0 Å². The van der Waals surface area contributed by atoms with E-state index in [-0.39, 0.29) is 0 Å². The van der Waals surface area contributed by atoms with Crippen molar-refractivity contribution in [3.05, 3.63) is 68.7 Å². The zero-order valence-electron chi connectivity index (χ0n) is 9.32. The minimum Gasteiger partial charge on any atom is -0.384 e. The van der Waals surface area contributed by atoms with Gasteiger partial charge in [0.1, 0.15) is 6.10 Å². The van der Waals surface area contributed by atoms with Crippen LogP contribution in [-0.4, -0.2) is 5.11 Å². The summed E-state index contributed by atoms with van der Waals surface area (Å²) in [5, 5.41) is 11.0. The minimum atomic E-state index is -0.664. The van der Waals surface area contributed by atoms with E-state index in [4.69, 9.17) is 11.6 Å². The number of halogens is 2. The number of aliphatic hydroxyl groups excluding tert-OH is 1. The van der Waals surface area contributed by atoms with Crippen LogP contribution in [-0.2, 0) is 0 Å². The van der Waals surface area contributed by atoms with Gasteiger partial charge in [-0.25, -0.2) is 0 Å². The number of aryl methyl sites for hydroxylation is 1. The first-order valence-electron chi connectivity index (χ1n) is 5.28. The topological polar surface area (TPSA) is 20.2 Å². The van der Waals surface area contributed by atoms with E-state index in [0.29, 0.717) is 5.02 Å². The fourth-order valence-electron chi connectivity index (χ4n) is 1.74. The highest BCUT2D eigenvalue weighted by Gasteiger charge is 2.14. The summed E-state index contributed by atoms with van der Waals surface area (Å²) in [6.07, 6.45) is -0.664. The van der Waals surface area contributed by atoms with E-state index < -0.39 is 6.10 Å². The van der Waals surface area contributed by atoms with E-state index in [9.17, 15) is 5.11 Å². The Balaban J connectivity index is 2.44. The van der Waals surface area contributed by atoms with Crippen LogP contribution in [0.25, 0.3) is 0 Å². The summed E-state index contributed by atoms with van der Waals surface area (Å²) >= 11 is 9.43. The van der Waals surface area contributed by atoms with Crippen LogP contribution in [0.2, 0.25) is 5.02 Å². The molecule has 88 valence electrons. The molecule has 0 heterocycles. The van der Waals surface area contributed by atoms with Crippen molar-refractivity contribution < 1.29 is 5.11 Å². The monoisotopic (exact) mass is 310 g/mol. The minimum absolute atomic E-state index is 0.630. The Hall–Kier alpha value is -0.830. The van der Waals surface area contributed by atoms with Gasteiger partial charge in [-0.15, -0.1) is 0 Å². The van der Waals surface area contributed by atoms with Gasteiger partial charge in [-0.1, -0.05) is 57.9 Å². The van der Waals surface area contributed by atoms with Crippen molar-refractivity contribution in [2.45, 2.75) is 13.0 Å². The number of hydrogen-bond acceptors (Lipinski definition) is 1. The highest BCUT2D eigenvalue weighted by atomic mass is 79.9. The van der Waals surface area contributed by atoms with Crippen molar-refractivity contribution >= 4 is 27.5 Å². The molecule has 0 spiro atoms. The molecule has 0 saturated heterocycles. The van der Waals surface area contributed by atoms with E-state index in [0.717, 1.165) is 21.2 Å². The number of rotatable bonds is 2. The summed E-state index contributed by atoms with van der Waals surface area (Å²) < 4.78 is 0.937. The molecule has 0 bridgehead atoms. The van der Waals surface area contributed by atoms with Crippen molar-refractivity contribution in [1.29, 1.82) is 0 Å². The molecule has 0 aliphatic carbocycles. The first kappa shape index (κ1) is 12.6. The average molecular weight is 312 g/mol. The van der Waals surface area contributed by atoms with Gasteiger partial charge in [-0.3, -0.25) is 0 Å². The fraction of sp³-hybridized carbons (Fsp3) is 0.143. The third-order valence-corrected chi connectivity index (χ3v) is 4.00. The van der Waals surface area contributed by atoms with Crippen LogP contribution < -0.4 is 0 Å². The second-order valence-electron chi connectivity index (χ2n) is 3.94. The van der Waals surface area contributed by atoms with Gasteiger partial charge in [0, 0.05) is 9.50 Å². The normalized spacial score (nSPS) is 12.5. The Morgan fingerprint density at radius 2 is 1.88 bits per heavy atom. The molecule has 1 nitrogen and oxygen atoms in total. The smallest absolute Gasteiger partial charge is 0.105 e. The maximum absolute atomic E-state index is 10.3. The summed E-state index contributed by atoms with van der Waals surface area (Å²) in [7, 11) is 0. The van der Waals surface area contributed by atoms with Crippen molar-refractivity contribution in [3.63, 3.8) is 0 Å². The molecular weight excluding hydrogens is 300 g/mol. The van der Waals surface area contributed by atoms with Crippen LogP contribution in [0.3, 0.4) is 0 Å². The molecule has 2 aromatic rings. The quantitative estimate of drug-likeness (QED) is 0.866. The molecule has 2 rings (SSSR count). The Morgan fingerprint density at radius 1 is 1.18 bits per heavy atom. The van der Waals surface area contributed by atoms with Crippen LogP contribution in [0.1, 0.15) is 22.8 Å². The summed E-state index contributed by atoms with van der Waals surface area (Å²) in [6, 6.07) is 13.1. The highest BCUT2D eigenvalue weighted by Crippen LogP contribution is 2.31. The van der Waals surface area contributed by atoms with E-state index in [1.807, 2.05) is 37.3 Å². The van der Waals surface area contributed by atoms with Gasteiger partial charge < -0.3 is 5.11 Å². The van der Waals surface area contributed by atoms with Gasteiger partial charge in [0.15, 0.2) is 0 Å². The molecule has 0 radical (unpaired) electrons. The lowest BCUT2D eigenvalue weighted by Gasteiger charge is -2.14. The third kappa shape index (κ3) is 2.71. The zero-order chi connectivity index (χ0) is 12.4. The molecular formula is C14H12BrClO.